The molecule has 0 saturated carbocycles. The maximum Gasteiger partial charge on any atom is 0.123 e. The lowest BCUT2D eigenvalue weighted by molar-refractivity contribution is -0.108. The Morgan fingerprint density at radius 2 is 2.38 bits per heavy atom. The van der Waals surface area contributed by atoms with Gasteiger partial charge in [-0.05, 0) is 18.1 Å². The summed E-state index contributed by atoms with van der Waals surface area (Å²) in [6, 6.07) is 4.04. The summed E-state index contributed by atoms with van der Waals surface area (Å²) in [5.41, 5.74) is 2.24. The van der Waals surface area contributed by atoms with E-state index in [9.17, 15) is 4.79 Å². The van der Waals surface area contributed by atoms with Crippen molar-refractivity contribution in [2.75, 3.05) is 13.7 Å². The molecule has 1 aromatic carbocycles. The first-order valence-corrected chi connectivity index (χ1v) is 5.53. The van der Waals surface area contributed by atoms with Crippen LogP contribution in [0.2, 0.25) is 0 Å². The quantitative estimate of drug-likeness (QED) is 0.730. The maximum atomic E-state index is 10.5. The van der Waals surface area contributed by atoms with E-state index in [2.05, 4.69) is 0 Å². The second kappa shape index (κ2) is 4.56. The lowest BCUT2D eigenvalue weighted by atomic mass is 9.95. The van der Waals surface area contributed by atoms with Gasteiger partial charge in [-0.25, -0.2) is 0 Å². The van der Waals surface area contributed by atoms with Crippen molar-refractivity contribution in [1.29, 1.82) is 0 Å². The van der Waals surface area contributed by atoms with Gasteiger partial charge in [0.1, 0.15) is 17.8 Å². The van der Waals surface area contributed by atoms with Crippen LogP contribution in [0, 0.1) is 0 Å². The summed E-state index contributed by atoms with van der Waals surface area (Å²) in [4.78, 5) is 10.5. The zero-order chi connectivity index (χ0) is 11.5. The molecule has 0 fully saturated rings. The number of fused-ring (bicyclic) bond motifs is 1. The van der Waals surface area contributed by atoms with E-state index in [1.165, 1.54) is 5.56 Å². The van der Waals surface area contributed by atoms with E-state index < -0.39 is 0 Å². The molecule has 1 aliphatic heterocycles. The van der Waals surface area contributed by atoms with Gasteiger partial charge in [0.05, 0.1) is 13.7 Å². The van der Waals surface area contributed by atoms with Crippen LogP contribution in [0.3, 0.4) is 0 Å². The number of rotatable bonds is 4. The molecule has 1 heterocycles. The summed E-state index contributed by atoms with van der Waals surface area (Å²) in [6.07, 6.45) is 2.39. The van der Waals surface area contributed by atoms with Crippen molar-refractivity contribution in [3.8, 4) is 11.5 Å². The van der Waals surface area contributed by atoms with Crippen LogP contribution in [0.15, 0.2) is 12.1 Å². The molecule has 1 unspecified atom stereocenters. The number of carbonyl (C=O) groups excluding carboxylic acids is 1. The molecule has 0 bridgehead atoms. The van der Waals surface area contributed by atoms with Gasteiger partial charge < -0.3 is 14.3 Å². The Hall–Kier alpha value is -1.51. The molecular weight excluding hydrogens is 204 g/mol. The molecule has 1 aliphatic rings. The topological polar surface area (TPSA) is 35.5 Å². The number of methoxy groups -OCH3 is 1. The molecule has 0 radical (unpaired) electrons. The molecule has 1 atom stereocenters. The van der Waals surface area contributed by atoms with Crippen LogP contribution in [0.1, 0.15) is 30.4 Å². The van der Waals surface area contributed by atoms with E-state index in [4.69, 9.17) is 9.47 Å². The van der Waals surface area contributed by atoms with Gasteiger partial charge in [0.15, 0.2) is 0 Å². The Morgan fingerprint density at radius 3 is 3.06 bits per heavy atom. The number of aldehydes is 1. The normalized spacial score (nSPS) is 15.1. The number of benzene rings is 1. The Labute approximate surface area is 95.4 Å². The average Bonchev–Trinajstić information content (AvgIpc) is 2.74. The molecule has 3 nitrogen and oxygen atoms in total. The second-order valence-corrected chi connectivity index (χ2v) is 4.10. The largest absolute Gasteiger partial charge is 0.496 e. The summed E-state index contributed by atoms with van der Waals surface area (Å²) in [6.45, 7) is 2.76. The highest BCUT2D eigenvalue weighted by Gasteiger charge is 2.19. The second-order valence-electron chi connectivity index (χ2n) is 4.10. The molecule has 0 saturated heterocycles. The van der Waals surface area contributed by atoms with Crippen molar-refractivity contribution in [3.63, 3.8) is 0 Å². The first-order valence-electron chi connectivity index (χ1n) is 5.53. The van der Waals surface area contributed by atoms with E-state index in [1.807, 2.05) is 19.1 Å². The van der Waals surface area contributed by atoms with Gasteiger partial charge in [0, 0.05) is 24.0 Å². The van der Waals surface area contributed by atoms with Crippen molar-refractivity contribution >= 4 is 6.29 Å². The molecule has 86 valence electrons. The minimum atomic E-state index is 0.168. The van der Waals surface area contributed by atoms with Crippen molar-refractivity contribution < 1.29 is 14.3 Å². The molecule has 0 spiro atoms. The van der Waals surface area contributed by atoms with Crippen LogP contribution >= 0.6 is 0 Å². The Kier molecular flexibility index (Phi) is 3.13. The average molecular weight is 220 g/mol. The summed E-state index contributed by atoms with van der Waals surface area (Å²) < 4.78 is 10.9. The third-order valence-corrected chi connectivity index (χ3v) is 3.02. The van der Waals surface area contributed by atoms with Crippen LogP contribution in [0.4, 0.5) is 0 Å². The van der Waals surface area contributed by atoms with Gasteiger partial charge in [-0.3, -0.25) is 0 Å². The number of hydrogen-bond donors (Lipinski definition) is 0. The first-order chi connectivity index (χ1) is 7.76. The third-order valence-electron chi connectivity index (χ3n) is 3.02. The highest BCUT2D eigenvalue weighted by molar-refractivity contribution is 5.55. The van der Waals surface area contributed by atoms with Crippen LogP contribution < -0.4 is 9.47 Å². The maximum absolute atomic E-state index is 10.5. The molecular formula is C13H16O3. The van der Waals surface area contributed by atoms with Crippen LogP contribution in [-0.2, 0) is 11.2 Å². The van der Waals surface area contributed by atoms with Gasteiger partial charge >= 0.3 is 0 Å². The molecule has 3 heteroatoms. The molecule has 0 N–H and O–H groups in total. The lowest BCUT2D eigenvalue weighted by Gasteiger charge is -2.15. The van der Waals surface area contributed by atoms with Crippen molar-refractivity contribution in [2.24, 2.45) is 0 Å². The zero-order valence-corrected chi connectivity index (χ0v) is 9.66. The van der Waals surface area contributed by atoms with Crippen molar-refractivity contribution in [3.05, 3.63) is 23.3 Å². The minimum absolute atomic E-state index is 0.168. The predicted molar refractivity (Wildman–Crippen MR) is 61.3 cm³/mol. The Morgan fingerprint density at radius 1 is 1.56 bits per heavy atom. The number of carbonyl (C=O) groups is 1. The molecule has 2 rings (SSSR count). The summed E-state index contributed by atoms with van der Waals surface area (Å²) in [7, 11) is 1.66. The number of ether oxygens (including phenoxy) is 2. The fraction of sp³-hybridized carbons (Fsp3) is 0.462. The SMILES string of the molecule is COc1cc2c(cc1C(C)CC=O)OCC2. The minimum Gasteiger partial charge on any atom is -0.496 e. The molecule has 1 aromatic rings. The van der Waals surface area contributed by atoms with Crippen LogP contribution in [-0.4, -0.2) is 20.0 Å². The van der Waals surface area contributed by atoms with E-state index in [0.717, 1.165) is 36.4 Å². The lowest BCUT2D eigenvalue weighted by Crippen LogP contribution is -1.99. The fourth-order valence-electron chi connectivity index (χ4n) is 2.05. The first kappa shape index (κ1) is 11.0. The van der Waals surface area contributed by atoms with E-state index >= 15 is 0 Å². The number of hydrogen-bond acceptors (Lipinski definition) is 3. The van der Waals surface area contributed by atoms with E-state index in [1.54, 1.807) is 7.11 Å². The molecule has 0 amide bonds. The van der Waals surface area contributed by atoms with Crippen LogP contribution in [0.25, 0.3) is 0 Å². The zero-order valence-electron chi connectivity index (χ0n) is 9.66. The standard InChI is InChI=1S/C13H16O3/c1-9(3-5-14)11-8-12-10(4-6-16-12)7-13(11)15-2/h5,7-9H,3-4,6H2,1-2H3. The van der Waals surface area contributed by atoms with Gasteiger partial charge in [-0.1, -0.05) is 6.92 Å². The van der Waals surface area contributed by atoms with Gasteiger partial charge in [-0.2, -0.15) is 0 Å². The van der Waals surface area contributed by atoms with Gasteiger partial charge in [0.25, 0.3) is 0 Å². The third kappa shape index (κ3) is 1.90. The highest BCUT2D eigenvalue weighted by atomic mass is 16.5. The van der Waals surface area contributed by atoms with Gasteiger partial charge in [-0.15, -0.1) is 0 Å². The molecule has 16 heavy (non-hydrogen) atoms. The van der Waals surface area contributed by atoms with E-state index in [0.29, 0.717) is 6.42 Å². The van der Waals surface area contributed by atoms with Crippen molar-refractivity contribution in [2.45, 2.75) is 25.7 Å². The van der Waals surface area contributed by atoms with Crippen molar-refractivity contribution in [1.82, 2.24) is 0 Å². The fourth-order valence-corrected chi connectivity index (χ4v) is 2.05. The Balaban J connectivity index is 2.39. The smallest absolute Gasteiger partial charge is 0.123 e. The predicted octanol–water partition coefficient (Wildman–Crippen LogP) is 2.32. The summed E-state index contributed by atoms with van der Waals surface area (Å²) in [5, 5.41) is 0. The van der Waals surface area contributed by atoms with E-state index in [-0.39, 0.29) is 5.92 Å². The summed E-state index contributed by atoms with van der Waals surface area (Å²) in [5.74, 6) is 1.97. The molecule has 0 aliphatic carbocycles. The monoisotopic (exact) mass is 220 g/mol. The summed E-state index contributed by atoms with van der Waals surface area (Å²) >= 11 is 0. The highest BCUT2D eigenvalue weighted by Crippen LogP contribution is 2.37. The van der Waals surface area contributed by atoms with Crippen LogP contribution in [0.5, 0.6) is 11.5 Å². The molecule has 0 aromatic heterocycles. The Bertz CT molecular complexity index is 398. The van der Waals surface area contributed by atoms with Gasteiger partial charge in [0.2, 0.25) is 0 Å².